The van der Waals surface area contributed by atoms with Crippen molar-refractivity contribution in [2.75, 3.05) is 0 Å². The van der Waals surface area contributed by atoms with Gasteiger partial charge in [0.05, 0.1) is 0 Å². The van der Waals surface area contributed by atoms with E-state index < -0.39 is 0 Å². The second-order valence-corrected chi connectivity index (χ2v) is 4.18. The molecule has 3 rings (SSSR count). The lowest BCUT2D eigenvalue weighted by molar-refractivity contribution is 0.318. The number of fused-ring (bicyclic) bond motifs is 3. The summed E-state index contributed by atoms with van der Waals surface area (Å²) in [6.45, 7) is 0. The van der Waals surface area contributed by atoms with Gasteiger partial charge in [-0.3, -0.25) is 0 Å². The highest BCUT2D eigenvalue weighted by molar-refractivity contribution is 6.17. The molecule has 3 nitrogen and oxygen atoms in total. The van der Waals surface area contributed by atoms with E-state index >= 15 is 0 Å². The molecule has 0 bridgehead atoms. The number of hydrogen-bond acceptors (Lipinski definition) is 2. The first-order valence-electron chi connectivity index (χ1n) is 5.69. The van der Waals surface area contributed by atoms with E-state index in [2.05, 4.69) is 11.2 Å². The first-order valence-corrected chi connectivity index (χ1v) is 5.69. The minimum Gasteiger partial charge on any atom is -0.409 e. The molecule has 3 aromatic carbocycles. The Bertz CT molecular complexity index is 763. The van der Waals surface area contributed by atoms with Crippen LogP contribution in [0, 0.1) is 0 Å². The number of nitrogens with two attached hydrogens (primary N) is 1. The van der Waals surface area contributed by atoms with Crippen molar-refractivity contribution in [3.05, 3.63) is 60.2 Å². The predicted octanol–water partition coefficient (Wildman–Crippen LogP) is 3.09. The van der Waals surface area contributed by atoms with Crippen molar-refractivity contribution in [3.8, 4) is 0 Å². The van der Waals surface area contributed by atoms with Crippen LogP contribution < -0.4 is 5.73 Å². The van der Waals surface area contributed by atoms with Gasteiger partial charge in [-0.1, -0.05) is 53.7 Å². The molecule has 0 saturated carbocycles. The van der Waals surface area contributed by atoms with Crippen LogP contribution in [0.5, 0.6) is 0 Å². The van der Waals surface area contributed by atoms with Gasteiger partial charge in [-0.15, -0.1) is 0 Å². The zero-order chi connectivity index (χ0) is 12.5. The van der Waals surface area contributed by atoms with Crippen molar-refractivity contribution in [2.24, 2.45) is 10.9 Å². The Hall–Kier alpha value is -2.55. The maximum absolute atomic E-state index is 8.88. The molecule has 0 aliphatic rings. The molecule has 3 aromatic rings. The Morgan fingerprint density at radius 3 is 2.22 bits per heavy atom. The highest BCUT2D eigenvalue weighted by Crippen LogP contribution is 2.28. The number of nitrogens with zero attached hydrogens (tertiary/aromatic N) is 1. The molecule has 3 heteroatoms. The molecular weight excluding hydrogens is 224 g/mol. The van der Waals surface area contributed by atoms with Gasteiger partial charge in [0.15, 0.2) is 5.84 Å². The zero-order valence-electron chi connectivity index (χ0n) is 9.67. The molecule has 0 aliphatic carbocycles. The van der Waals surface area contributed by atoms with Crippen LogP contribution in [0.15, 0.2) is 59.8 Å². The van der Waals surface area contributed by atoms with Gasteiger partial charge >= 0.3 is 0 Å². The van der Waals surface area contributed by atoms with Gasteiger partial charge in [-0.25, -0.2) is 0 Å². The minimum absolute atomic E-state index is 0.136. The number of rotatable bonds is 1. The molecule has 0 saturated heterocycles. The van der Waals surface area contributed by atoms with Gasteiger partial charge in [0.25, 0.3) is 0 Å². The monoisotopic (exact) mass is 236 g/mol. The Kier molecular flexibility index (Phi) is 2.38. The summed E-state index contributed by atoms with van der Waals surface area (Å²) in [5.41, 5.74) is 6.51. The first kappa shape index (κ1) is 10.6. The van der Waals surface area contributed by atoms with Crippen molar-refractivity contribution >= 4 is 27.4 Å². The van der Waals surface area contributed by atoms with Crippen LogP contribution in [0.4, 0.5) is 0 Å². The van der Waals surface area contributed by atoms with Gasteiger partial charge in [0, 0.05) is 5.56 Å². The summed E-state index contributed by atoms with van der Waals surface area (Å²) in [4.78, 5) is 0. The molecule has 0 amide bonds. The molecular formula is C15H12N2O. The van der Waals surface area contributed by atoms with Crippen LogP contribution in [-0.4, -0.2) is 11.0 Å². The first-order chi connectivity index (χ1) is 8.81. The smallest absolute Gasteiger partial charge is 0.170 e. The minimum atomic E-state index is 0.136. The van der Waals surface area contributed by atoms with E-state index in [0.717, 1.165) is 21.7 Å². The molecule has 18 heavy (non-hydrogen) atoms. The normalized spacial score (nSPS) is 12.1. The summed E-state index contributed by atoms with van der Waals surface area (Å²) in [5, 5.41) is 16.3. The largest absolute Gasteiger partial charge is 0.409 e. The second kappa shape index (κ2) is 4.04. The van der Waals surface area contributed by atoms with Gasteiger partial charge < -0.3 is 10.9 Å². The van der Waals surface area contributed by atoms with Gasteiger partial charge in [0.2, 0.25) is 0 Å². The fourth-order valence-corrected chi connectivity index (χ4v) is 2.32. The van der Waals surface area contributed by atoms with Gasteiger partial charge in [-0.05, 0) is 27.6 Å². The summed E-state index contributed by atoms with van der Waals surface area (Å²) in [6, 6.07) is 18.0. The van der Waals surface area contributed by atoms with Gasteiger partial charge in [-0.2, -0.15) is 0 Å². The summed E-state index contributed by atoms with van der Waals surface area (Å²) in [6.07, 6.45) is 0. The van der Waals surface area contributed by atoms with E-state index in [1.807, 2.05) is 48.5 Å². The van der Waals surface area contributed by atoms with Crippen molar-refractivity contribution in [3.63, 3.8) is 0 Å². The molecule has 3 N–H and O–H groups in total. The van der Waals surface area contributed by atoms with Crippen molar-refractivity contribution in [2.45, 2.75) is 0 Å². The SMILES string of the molecule is NC(=NO)c1cc2ccccc2c2ccccc12. The van der Waals surface area contributed by atoms with E-state index in [0.29, 0.717) is 0 Å². The van der Waals surface area contributed by atoms with Crippen molar-refractivity contribution in [1.29, 1.82) is 0 Å². The van der Waals surface area contributed by atoms with Crippen molar-refractivity contribution < 1.29 is 5.21 Å². The lowest BCUT2D eigenvalue weighted by Crippen LogP contribution is -2.13. The average Bonchev–Trinajstić information content (AvgIpc) is 2.45. The zero-order valence-corrected chi connectivity index (χ0v) is 9.67. The fourth-order valence-electron chi connectivity index (χ4n) is 2.32. The number of oxime groups is 1. The molecule has 0 aliphatic heterocycles. The summed E-state index contributed by atoms with van der Waals surface area (Å²) >= 11 is 0. The summed E-state index contributed by atoms with van der Waals surface area (Å²) < 4.78 is 0. The van der Waals surface area contributed by atoms with Crippen molar-refractivity contribution in [1.82, 2.24) is 0 Å². The van der Waals surface area contributed by atoms with Crippen LogP contribution >= 0.6 is 0 Å². The topological polar surface area (TPSA) is 58.6 Å². The molecule has 0 aromatic heterocycles. The highest BCUT2D eigenvalue weighted by atomic mass is 16.4. The molecule has 0 spiro atoms. The Morgan fingerprint density at radius 2 is 1.50 bits per heavy atom. The third-order valence-electron chi connectivity index (χ3n) is 3.15. The Morgan fingerprint density at radius 1 is 0.889 bits per heavy atom. The molecule has 0 heterocycles. The van der Waals surface area contributed by atoms with Gasteiger partial charge in [0.1, 0.15) is 0 Å². The van der Waals surface area contributed by atoms with E-state index in [-0.39, 0.29) is 5.84 Å². The maximum Gasteiger partial charge on any atom is 0.170 e. The lowest BCUT2D eigenvalue weighted by atomic mass is 9.97. The molecule has 0 fully saturated rings. The maximum atomic E-state index is 8.88. The third kappa shape index (κ3) is 1.49. The van der Waals surface area contributed by atoms with Crippen LogP contribution in [0.3, 0.4) is 0 Å². The van der Waals surface area contributed by atoms with Crippen LogP contribution in [0.25, 0.3) is 21.5 Å². The second-order valence-electron chi connectivity index (χ2n) is 4.18. The highest BCUT2D eigenvalue weighted by Gasteiger charge is 2.08. The van der Waals surface area contributed by atoms with Crippen LogP contribution in [0.1, 0.15) is 5.56 Å². The third-order valence-corrected chi connectivity index (χ3v) is 3.15. The van der Waals surface area contributed by atoms with Crippen LogP contribution in [-0.2, 0) is 0 Å². The van der Waals surface area contributed by atoms with Crippen LogP contribution in [0.2, 0.25) is 0 Å². The molecule has 0 unspecified atom stereocenters. The molecule has 0 radical (unpaired) electrons. The fraction of sp³-hybridized carbons (Fsp3) is 0. The Balaban J connectivity index is 2.55. The lowest BCUT2D eigenvalue weighted by Gasteiger charge is -2.09. The number of amidine groups is 1. The van der Waals surface area contributed by atoms with E-state index in [9.17, 15) is 0 Å². The van der Waals surface area contributed by atoms with E-state index in [1.54, 1.807) is 0 Å². The summed E-state index contributed by atoms with van der Waals surface area (Å²) in [5.74, 6) is 0.136. The average molecular weight is 236 g/mol. The van der Waals surface area contributed by atoms with E-state index in [4.69, 9.17) is 10.9 Å². The standard InChI is InChI=1S/C15H12N2O/c16-15(17-18)14-9-10-5-1-2-6-11(10)12-7-3-4-8-13(12)14/h1-9,18H,(H2,16,17). The quantitative estimate of drug-likeness (QED) is 0.224. The predicted molar refractivity (Wildman–Crippen MR) is 74.0 cm³/mol. The Labute approximate surface area is 104 Å². The molecule has 0 atom stereocenters. The summed E-state index contributed by atoms with van der Waals surface area (Å²) in [7, 11) is 0. The van der Waals surface area contributed by atoms with E-state index in [1.165, 1.54) is 5.39 Å². The number of hydrogen-bond donors (Lipinski definition) is 2. The number of benzene rings is 3. The molecule has 88 valence electrons.